The molecular weight excluding hydrogens is 330 g/mol. The summed E-state index contributed by atoms with van der Waals surface area (Å²) in [6.07, 6.45) is -0.359. The van der Waals surface area contributed by atoms with E-state index in [4.69, 9.17) is 9.52 Å². The number of aromatic hydroxyl groups is 2. The first kappa shape index (κ1) is 18.3. The van der Waals surface area contributed by atoms with Gasteiger partial charge in [-0.15, -0.1) is 0 Å². The van der Waals surface area contributed by atoms with E-state index >= 15 is 0 Å². The number of carboxylic acids is 1. The van der Waals surface area contributed by atoms with Gasteiger partial charge in [0.25, 0.3) is 0 Å². The average Bonchev–Trinajstić information content (AvgIpc) is 2.52. The quantitative estimate of drug-likeness (QED) is 0.471. The average molecular weight is 349 g/mol. The fourth-order valence-electron chi connectivity index (χ4n) is 2.53. The standard InChI is InChI=1S/C17H19NO7/c1-7(2)13(16(22)23)18-12(20)6-10-8(3)9-4-5-11(19)14(21)15(9)25-17(10)24/h4-5,7,13,19,21H,6H2,1-3H3,(H,18,20)(H,22,23). The number of carbonyl (C=O) groups excluding carboxylic acids is 1. The van der Waals surface area contributed by atoms with Crippen molar-refractivity contribution in [2.24, 2.45) is 5.92 Å². The minimum absolute atomic E-state index is 0.0583. The molecule has 0 spiro atoms. The minimum Gasteiger partial charge on any atom is -0.504 e. The summed E-state index contributed by atoms with van der Waals surface area (Å²) in [4.78, 5) is 35.5. The van der Waals surface area contributed by atoms with Crippen molar-refractivity contribution in [2.75, 3.05) is 0 Å². The number of aryl methyl sites for hydroxylation is 1. The third-order valence-corrected chi connectivity index (χ3v) is 3.99. The number of carbonyl (C=O) groups is 2. The summed E-state index contributed by atoms with van der Waals surface area (Å²) < 4.78 is 5.02. The Labute approximate surface area is 142 Å². The maximum absolute atomic E-state index is 12.2. The van der Waals surface area contributed by atoms with Gasteiger partial charge in [0.15, 0.2) is 11.3 Å². The van der Waals surface area contributed by atoms with E-state index in [0.717, 1.165) is 0 Å². The molecule has 1 unspecified atom stereocenters. The first-order chi connectivity index (χ1) is 11.6. The molecule has 2 aromatic rings. The fourth-order valence-corrected chi connectivity index (χ4v) is 2.53. The topological polar surface area (TPSA) is 137 Å². The summed E-state index contributed by atoms with van der Waals surface area (Å²) in [7, 11) is 0. The zero-order valence-corrected chi connectivity index (χ0v) is 14.0. The summed E-state index contributed by atoms with van der Waals surface area (Å²) in [5, 5.41) is 31.1. The number of carboxylic acid groups (broad SMARTS) is 1. The number of nitrogens with one attached hydrogen (secondary N) is 1. The maximum atomic E-state index is 12.2. The Bertz CT molecular complexity index is 898. The third kappa shape index (κ3) is 3.57. The second-order valence-corrected chi connectivity index (χ2v) is 6.11. The zero-order valence-electron chi connectivity index (χ0n) is 14.0. The molecule has 25 heavy (non-hydrogen) atoms. The lowest BCUT2D eigenvalue weighted by Gasteiger charge is -2.18. The molecule has 8 nitrogen and oxygen atoms in total. The number of hydrogen-bond acceptors (Lipinski definition) is 6. The molecule has 8 heteroatoms. The van der Waals surface area contributed by atoms with E-state index in [0.29, 0.717) is 10.9 Å². The van der Waals surface area contributed by atoms with Gasteiger partial charge in [0.1, 0.15) is 6.04 Å². The van der Waals surface area contributed by atoms with Crippen molar-refractivity contribution < 1.29 is 29.3 Å². The molecule has 1 atom stereocenters. The first-order valence-corrected chi connectivity index (χ1v) is 7.62. The number of phenols is 2. The fraction of sp³-hybridized carbons (Fsp3) is 0.353. The summed E-state index contributed by atoms with van der Waals surface area (Å²) in [5.74, 6) is -3.10. The molecule has 0 saturated heterocycles. The van der Waals surface area contributed by atoms with E-state index in [1.807, 2.05) is 0 Å². The number of benzene rings is 1. The Balaban J connectivity index is 2.39. The van der Waals surface area contributed by atoms with E-state index < -0.39 is 35.0 Å². The Morgan fingerprint density at radius 2 is 1.88 bits per heavy atom. The van der Waals surface area contributed by atoms with Gasteiger partial charge in [0.2, 0.25) is 11.7 Å². The molecule has 0 aliphatic rings. The van der Waals surface area contributed by atoms with Crippen LogP contribution in [0.1, 0.15) is 25.0 Å². The number of rotatable bonds is 5. The van der Waals surface area contributed by atoms with Crippen LogP contribution in [-0.4, -0.2) is 33.2 Å². The van der Waals surface area contributed by atoms with E-state index in [1.54, 1.807) is 20.8 Å². The third-order valence-electron chi connectivity index (χ3n) is 3.99. The molecule has 2 rings (SSSR count). The summed E-state index contributed by atoms with van der Waals surface area (Å²) in [5.41, 5.74) is -0.536. The van der Waals surface area contributed by atoms with Crippen molar-refractivity contribution in [3.63, 3.8) is 0 Å². The van der Waals surface area contributed by atoms with Gasteiger partial charge in [-0.2, -0.15) is 0 Å². The van der Waals surface area contributed by atoms with Gasteiger partial charge in [-0.25, -0.2) is 9.59 Å². The number of hydrogen-bond donors (Lipinski definition) is 4. The highest BCUT2D eigenvalue weighted by molar-refractivity contribution is 5.90. The van der Waals surface area contributed by atoms with E-state index in [9.17, 15) is 24.6 Å². The lowest BCUT2D eigenvalue weighted by Crippen LogP contribution is -2.45. The van der Waals surface area contributed by atoms with Crippen molar-refractivity contribution >= 4 is 22.8 Å². The first-order valence-electron chi connectivity index (χ1n) is 7.62. The van der Waals surface area contributed by atoms with Gasteiger partial charge < -0.3 is 25.1 Å². The number of aliphatic carboxylic acids is 1. The summed E-state index contributed by atoms with van der Waals surface area (Å²) >= 11 is 0. The Morgan fingerprint density at radius 3 is 2.44 bits per heavy atom. The lowest BCUT2D eigenvalue weighted by atomic mass is 10.0. The molecule has 0 fully saturated rings. The predicted octanol–water partition coefficient (Wildman–Crippen LogP) is 1.28. The molecule has 1 heterocycles. The van der Waals surface area contributed by atoms with E-state index in [-0.39, 0.29) is 23.5 Å². The molecule has 0 radical (unpaired) electrons. The minimum atomic E-state index is -1.16. The van der Waals surface area contributed by atoms with Crippen molar-refractivity contribution in [1.29, 1.82) is 0 Å². The van der Waals surface area contributed by atoms with Crippen LogP contribution >= 0.6 is 0 Å². The normalized spacial score (nSPS) is 12.3. The molecule has 1 aromatic heterocycles. The molecule has 0 aliphatic carbocycles. The van der Waals surface area contributed by atoms with Gasteiger partial charge in [-0.3, -0.25) is 4.79 Å². The van der Waals surface area contributed by atoms with Gasteiger partial charge in [0.05, 0.1) is 12.0 Å². The van der Waals surface area contributed by atoms with Crippen LogP contribution in [0.5, 0.6) is 11.5 Å². The number of amides is 1. The van der Waals surface area contributed by atoms with Gasteiger partial charge in [-0.1, -0.05) is 13.8 Å². The Morgan fingerprint density at radius 1 is 1.24 bits per heavy atom. The van der Waals surface area contributed by atoms with E-state index in [2.05, 4.69) is 5.32 Å². The molecule has 0 saturated carbocycles. The SMILES string of the molecule is Cc1c(CC(=O)NC(C(=O)O)C(C)C)c(=O)oc2c(O)c(O)ccc12. The molecule has 0 aliphatic heterocycles. The van der Waals surface area contributed by atoms with Crippen LogP contribution in [0, 0.1) is 12.8 Å². The summed E-state index contributed by atoms with van der Waals surface area (Å²) in [6, 6.07) is 1.63. The Hall–Kier alpha value is -3.03. The largest absolute Gasteiger partial charge is 0.504 e. The highest BCUT2D eigenvalue weighted by Crippen LogP contribution is 2.34. The number of fused-ring (bicyclic) bond motifs is 1. The van der Waals surface area contributed by atoms with E-state index in [1.165, 1.54) is 12.1 Å². The summed E-state index contributed by atoms with van der Waals surface area (Å²) in [6.45, 7) is 4.89. The zero-order chi connectivity index (χ0) is 18.9. The van der Waals surface area contributed by atoms with Gasteiger partial charge in [-0.05, 0) is 30.5 Å². The molecule has 134 valence electrons. The van der Waals surface area contributed by atoms with Crippen LogP contribution in [0.4, 0.5) is 0 Å². The number of phenolic OH excluding ortho intramolecular Hbond substituents is 2. The Kier molecular flexibility index (Phi) is 5.01. The second kappa shape index (κ2) is 6.84. The van der Waals surface area contributed by atoms with Crippen molar-refractivity contribution in [3.05, 3.63) is 33.7 Å². The monoisotopic (exact) mass is 349 g/mol. The molecule has 0 bridgehead atoms. The van der Waals surface area contributed by atoms with Crippen molar-refractivity contribution in [1.82, 2.24) is 5.32 Å². The van der Waals surface area contributed by atoms with Crippen LogP contribution in [0.15, 0.2) is 21.3 Å². The lowest BCUT2D eigenvalue weighted by molar-refractivity contribution is -0.143. The molecule has 1 aromatic carbocycles. The maximum Gasteiger partial charge on any atom is 0.340 e. The van der Waals surface area contributed by atoms with Gasteiger partial charge >= 0.3 is 11.6 Å². The molecule has 1 amide bonds. The molecule has 4 N–H and O–H groups in total. The highest BCUT2D eigenvalue weighted by Gasteiger charge is 2.25. The highest BCUT2D eigenvalue weighted by atomic mass is 16.4. The van der Waals surface area contributed by atoms with Gasteiger partial charge in [0, 0.05) is 5.39 Å². The molecular formula is C17H19NO7. The van der Waals surface area contributed by atoms with Crippen molar-refractivity contribution in [2.45, 2.75) is 33.2 Å². The van der Waals surface area contributed by atoms with Crippen LogP contribution in [0.3, 0.4) is 0 Å². The second-order valence-electron chi connectivity index (χ2n) is 6.11. The van der Waals surface area contributed by atoms with Crippen molar-refractivity contribution in [3.8, 4) is 11.5 Å². The predicted molar refractivity (Wildman–Crippen MR) is 88.7 cm³/mol. The van der Waals surface area contributed by atoms with Crippen LogP contribution in [0.2, 0.25) is 0 Å². The van der Waals surface area contributed by atoms with Crippen LogP contribution < -0.4 is 10.9 Å². The van der Waals surface area contributed by atoms with Crippen LogP contribution in [0.25, 0.3) is 11.0 Å². The van der Waals surface area contributed by atoms with Crippen LogP contribution in [-0.2, 0) is 16.0 Å². The smallest absolute Gasteiger partial charge is 0.340 e.